The van der Waals surface area contributed by atoms with Gasteiger partial charge in [0.15, 0.2) is 11.5 Å². The van der Waals surface area contributed by atoms with Crippen LogP contribution in [-0.2, 0) is 20.6 Å². The lowest BCUT2D eigenvalue weighted by atomic mass is 10.2. The van der Waals surface area contributed by atoms with Gasteiger partial charge >= 0.3 is 0 Å². The predicted octanol–water partition coefficient (Wildman–Crippen LogP) is 4.50. The fourth-order valence-electron chi connectivity index (χ4n) is 3.50. The number of nitrogens with one attached hydrogen (secondary N) is 1. The van der Waals surface area contributed by atoms with Gasteiger partial charge in [-0.25, -0.2) is 12.8 Å². The Bertz CT molecular complexity index is 1320. The molecule has 1 N–H and O–H groups in total. The number of sulfonamides is 1. The third-order valence-corrected chi connectivity index (χ3v) is 8.26. The number of anilines is 1. The van der Waals surface area contributed by atoms with Gasteiger partial charge in [-0.05, 0) is 54.1 Å². The van der Waals surface area contributed by atoms with E-state index in [9.17, 15) is 17.6 Å². The summed E-state index contributed by atoms with van der Waals surface area (Å²) in [5.41, 5.74) is 1.24. The summed E-state index contributed by atoms with van der Waals surface area (Å²) < 4.78 is 52.5. The molecule has 190 valence electrons. The van der Waals surface area contributed by atoms with Crippen molar-refractivity contribution in [3.8, 4) is 11.5 Å². The van der Waals surface area contributed by atoms with Gasteiger partial charge in [-0.3, -0.25) is 9.10 Å². The Hall–Kier alpha value is -2.95. The van der Waals surface area contributed by atoms with E-state index in [0.717, 1.165) is 27.8 Å². The quantitative estimate of drug-likeness (QED) is 0.374. The molecule has 0 fully saturated rings. The van der Waals surface area contributed by atoms with Gasteiger partial charge < -0.3 is 14.8 Å². The van der Waals surface area contributed by atoms with Crippen molar-refractivity contribution in [3.05, 3.63) is 83.1 Å². The molecule has 0 spiro atoms. The van der Waals surface area contributed by atoms with Gasteiger partial charge in [-0.1, -0.05) is 23.7 Å². The topological polar surface area (TPSA) is 84.9 Å². The first kappa shape index (κ1) is 26.1. The van der Waals surface area contributed by atoms with Crippen LogP contribution >= 0.6 is 23.4 Å². The van der Waals surface area contributed by atoms with E-state index in [4.69, 9.17) is 21.1 Å². The lowest BCUT2D eigenvalue weighted by molar-refractivity contribution is -0.119. The summed E-state index contributed by atoms with van der Waals surface area (Å²) in [7, 11) is -4.17. The van der Waals surface area contributed by atoms with Crippen molar-refractivity contribution in [1.29, 1.82) is 0 Å². The first-order chi connectivity index (χ1) is 17.3. The number of rotatable bonds is 10. The van der Waals surface area contributed by atoms with Crippen molar-refractivity contribution in [2.24, 2.45) is 0 Å². The summed E-state index contributed by atoms with van der Waals surface area (Å²) in [6.45, 7) is 0.557. The number of benzene rings is 3. The van der Waals surface area contributed by atoms with Crippen LogP contribution in [0.25, 0.3) is 0 Å². The Balaban J connectivity index is 1.43. The average molecular weight is 551 g/mol. The molecule has 0 unspecified atom stereocenters. The van der Waals surface area contributed by atoms with Crippen LogP contribution in [0.2, 0.25) is 5.02 Å². The zero-order valence-corrected chi connectivity index (χ0v) is 21.5. The first-order valence-electron chi connectivity index (χ1n) is 11.1. The first-order valence-corrected chi connectivity index (χ1v) is 14.1. The summed E-state index contributed by atoms with van der Waals surface area (Å²) >= 11 is 7.61. The van der Waals surface area contributed by atoms with Gasteiger partial charge in [0.1, 0.15) is 25.6 Å². The number of thioether (sulfide) groups is 1. The molecular weight excluding hydrogens is 527 g/mol. The molecule has 3 aromatic rings. The molecule has 1 amide bonds. The van der Waals surface area contributed by atoms with Crippen LogP contribution in [0.3, 0.4) is 0 Å². The smallest absolute Gasteiger partial charge is 0.264 e. The molecule has 4 rings (SSSR count). The van der Waals surface area contributed by atoms with Crippen LogP contribution in [0.1, 0.15) is 5.56 Å². The van der Waals surface area contributed by atoms with Crippen LogP contribution in [0.4, 0.5) is 10.1 Å². The van der Waals surface area contributed by atoms with E-state index in [1.165, 1.54) is 30.3 Å². The molecule has 36 heavy (non-hydrogen) atoms. The summed E-state index contributed by atoms with van der Waals surface area (Å²) in [5.74, 6) is 1.12. The standard InChI is InChI=1S/C25H24ClFN2O5S2/c26-19-3-1-2-18(14-19)17-35-13-10-28-25(30)16-29(21-6-4-20(27)5-7-21)36(31,32)22-8-9-23-24(15-22)34-12-11-33-23/h1-9,14-15H,10-13,16-17H2,(H,28,30). The molecular formula is C25H24ClFN2O5S2. The highest BCUT2D eigenvalue weighted by Gasteiger charge is 2.29. The van der Waals surface area contributed by atoms with Crippen LogP contribution in [0.5, 0.6) is 11.5 Å². The Labute approximate surface area is 218 Å². The molecule has 0 aliphatic carbocycles. The summed E-state index contributed by atoms with van der Waals surface area (Å²) in [6.07, 6.45) is 0. The maximum atomic E-state index is 13.5. The minimum atomic E-state index is -4.17. The second-order valence-electron chi connectivity index (χ2n) is 7.83. The molecule has 0 radical (unpaired) electrons. The molecule has 1 heterocycles. The predicted molar refractivity (Wildman–Crippen MR) is 139 cm³/mol. The van der Waals surface area contributed by atoms with Gasteiger partial charge in [-0.2, -0.15) is 11.8 Å². The van der Waals surface area contributed by atoms with Crippen molar-refractivity contribution < 1.29 is 27.1 Å². The molecule has 0 aromatic heterocycles. The van der Waals surface area contributed by atoms with Gasteiger partial charge in [-0.15, -0.1) is 0 Å². The van der Waals surface area contributed by atoms with E-state index >= 15 is 0 Å². The third-order valence-electron chi connectivity index (χ3n) is 5.23. The molecule has 1 aliphatic rings. The molecule has 1 aliphatic heterocycles. The maximum Gasteiger partial charge on any atom is 0.264 e. The van der Waals surface area contributed by atoms with Crippen molar-refractivity contribution in [2.45, 2.75) is 10.6 Å². The number of carbonyl (C=O) groups is 1. The Morgan fingerprint density at radius 2 is 1.78 bits per heavy atom. The van der Waals surface area contributed by atoms with Crippen molar-refractivity contribution in [3.63, 3.8) is 0 Å². The highest BCUT2D eigenvalue weighted by atomic mass is 35.5. The van der Waals surface area contributed by atoms with E-state index in [1.807, 2.05) is 24.3 Å². The number of fused-ring (bicyclic) bond motifs is 1. The minimum Gasteiger partial charge on any atom is -0.486 e. The van der Waals surface area contributed by atoms with Gasteiger partial charge in [0.05, 0.1) is 10.6 Å². The molecule has 3 aromatic carbocycles. The summed E-state index contributed by atoms with van der Waals surface area (Å²) in [6, 6.07) is 16.7. The van der Waals surface area contributed by atoms with Crippen molar-refractivity contribution >= 4 is 45.0 Å². The Morgan fingerprint density at radius 1 is 1.03 bits per heavy atom. The van der Waals surface area contributed by atoms with Crippen LogP contribution in [-0.4, -0.2) is 46.4 Å². The molecule has 0 saturated heterocycles. The van der Waals surface area contributed by atoms with Crippen LogP contribution in [0, 0.1) is 5.82 Å². The Morgan fingerprint density at radius 3 is 2.53 bits per heavy atom. The number of ether oxygens (including phenoxy) is 2. The second-order valence-corrected chi connectivity index (χ2v) is 11.2. The number of halogens is 2. The van der Waals surface area contributed by atoms with Crippen molar-refractivity contribution in [2.75, 3.05) is 36.4 Å². The molecule has 0 bridgehead atoms. The number of nitrogens with zero attached hydrogens (tertiary/aromatic N) is 1. The lowest BCUT2D eigenvalue weighted by Crippen LogP contribution is -2.41. The minimum absolute atomic E-state index is 0.0686. The van der Waals surface area contributed by atoms with E-state index < -0.39 is 28.3 Å². The molecule has 11 heteroatoms. The average Bonchev–Trinajstić information content (AvgIpc) is 2.87. The SMILES string of the molecule is O=C(CN(c1ccc(F)cc1)S(=O)(=O)c1ccc2c(c1)OCCO2)NCCSCc1cccc(Cl)c1. The second kappa shape index (κ2) is 11.9. The fourth-order valence-corrected chi connectivity index (χ4v) is 5.96. The third kappa shape index (κ3) is 6.63. The van der Waals surface area contributed by atoms with Crippen LogP contribution in [0.15, 0.2) is 71.6 Å². The normalized spacial score (nSPS) is 12.7. The van der Waals surface area contributed by atoms with Crippen LogP contribution < -0.4 is 19.1 Å². The lowest BCUT2D eigenvalue weighted by Gasteiger charge is -2.25. The number of carbonyl (C=O) groups excluding carboxylic acids is 1. The van der Waals surface area contributed by atoms with E-state index in [2.05, 4.69) is 5.32 Å². The summed E-state index contributed by atoms with van der Waals surface area (Å²) in [4.78, 5) is 12.7. The summed E-state index contributed by atoms with van der Waals surface area (Å²) in [5, 5.41) is 3.42. The molecule has 0 saturated carbocycles. The van der Waals surface area contributed by atoms with Gasteiger partial charge in [0.25, 0.3) is 10.0 Å². The van der Waals surface area contributed by atoms with Gasteiger partial charge in [0, 0.05) is 29.1 Å². The number of hydrogen-bond donors (Lipinski definition) is 1. The number of amides is 1. The maximum absolute atomic E-state index is 13.5. The van der Waals surface area contributed by atoms with Crippen molar-refractivity contribution in [1.82, 2.24) is 5.32 Å². The van der Waals surface area contributed by atoms with E-state index in [1.54, 1.807) is 11.8 Å². The largest absolute Gasteiger partial charge is 0.486 e. The monoisotopic (exact) mass is 550 g/mol. The molecule has 0 atom stereocenters. The van der Waals surface area contributed by atoms with E-state index in [-0.39, 0.29) is 10.6 Å². The molecule has 7 nitrogen and oxygen atoms in total. The van der Waals surface area contributed by atoms with Gasteiger partial charge in [0.2, 0.25) is 5.91 Å². The zero-order chi connectivity index (χ0) is 25.5. The highest BCUT2D eigenvalue weighted by Crippen LogP contribution is 2.34. The van der Waals surface area contributed by atoms with E-state index in [0.29, 0.717) is 42.0 Å². The number of hydrogen-bond acceptors (Lipinski definition) is 6. The fraction of sp³-hybridized carbons (Fsp3) is 0.240. The highest BCUT2D eigenvalue weighted by molar-refractivity contribution is 7.98. The zero-order valence-electron chi connectivity index (χ0n) is 19.2. The Kier molecular flexibility index (Phi) is 8.60.